The molecule has 3 amide bonds. The molecule has 0 aliphatic rings. The van der Waals surface area contributed by atoms with Crippen LogP contribution in [-0.2, 0) is 28.8 Å². The fraction of sp³-hybridized carbons (Fsp3) is 0.231. The van der Waals surface area contributed by atoms with Gasteiger partial charge in [-0.3, -0.25) is 15.6 Å². The third-order valence-corrected chi connectivity index (χ3v) is 8.47. The molecular formula is C26H29ClN4O9S3. The van der Waals surface area contributed by atoms with E-state index in [1.807, 2.05) is 26.0 Å². The average Bonchev–Trinajstić information content (AvgIpc) is 2.91. The number of ether oxygens (including phenoxy) is 1. The predicted octanol–water partition coefficient (Wildman–Crippen LogP) is 4.52. The van der Waals surface area contributed by atoms with E-state index in [1.165, 1.54) is 24.5 Å². The summed E-state index contributed by atoms with van der Waals surface area (Å²) in [7, 11) is -8.01. The number of hydrogen-bond donors (Lipinski definition) is 4. The molecule has 0 aromatic heterocycles. The van der Waals surface area contributed by atoms with E-state index in [0.29, 0.717) is 11.4 Å². The standard InChI is InChI=1S/C26H29ClN4O9S3/c1-15-6-9-21(16(2)10-15)38-14-25(32)28-17-7-8-18(27)19(11-17)29-26(33)31-30-20-12-23(42(4,34)35)24(43(5,36)37)13-22(20)39-40-41-3/h6-13,30H,14H2,1-5H3,(H,28,32)(H2,29,31,33). The second-order valence-electron chi connectivity index (χ2n) is 9.16. The second-order valence-corrected chi connectivity index (χ2v) is 14.0. The van der Waals surface area contributed by atoms with E-state index in [2.05, 4.69) is 21.5 Å². The first-order valence-corrected chi connectivity index (χ1v) is 17.5. The fourth-order valence-corrected chi connectivity index (χ4v) is 6.35. The molecule has 43 heavy (non-hydrogen) atoms. The van der Waals surface area contributed by atoms with Gasteiger partial charge in [0.15, 0.2) is 32.0 Å². The lowest BCUT2D eigenvalue weighted by Crippen LogP contribution is -2.34. The molecule has 0 aliphatic heterocycles. The van der Waals surface area contributed by atoms with Crippen molar-refractivity contribution < 1.29 is 40.4 Å². The summed E-state index contributed by atoms with van der Waals surface area (Å²) in [6, 6.07) is 11.1. The van der Waals surface area contributed by atoms with Crippen LogP contribution in [-0.4, -0.2) is 54.1 Å². The molecule has 0 heterocycles. The van der Waals surface area contributed by atoms with Gasteiger partial charge in [-0.2, -0.15) is 0 Å². The van der Waals surface area contributed by atoms with Crippen LogP contribution >= 0.6 is 23.6 Å². The Labute approximate surface area is 258 Å². The number of benzene rings is 3. The van der Waals surface area contributed by atoms with Crippen LogP contribution in [0.3, 0.4) is 0 Å². The number of halogens is 1. The molecule has 232 valence electrons. The largest absolute Gasteiger partial charge is 0.483 e. The molecule has 0 spiro atoms. The molecule has 0 saturated carbocycles. The van der Waals surface area contributed by atoms with Crippen molar-refractivity contribution in [2.45, 2.75) is 23.6 Å². The number of carbonyl (C=O) groups is 2. The van der Waals surface area contributed by atoms with Gasteiger partial charge in [-0.25, -0.2) is 21.6 Å². The van der Waals surface area contributed by atoms with Crippen LogP contribution in [0.5, 0.6) is 11.5 Å². The Kier molecular flexibility index (Phi) is 11.1. The van der Waals surface area contributed by atoms with Gasteiger partial charge in [0.05, 0.1) is 20.5 Å². The number of amides is 3. The van der Waals surface area contributed by atoms with Gasteiger partial charge in [0.2, 0.25) is 0 Å². The zero-order valence-electron chi connectivity index (χ0n) is 23.6. The van der Waals surface area contributed by atoms with E-state index in [9.17, 15) is 26.4 Å². The molecule has 4 N–H and O–H groups in total. The van der Waals surface area contributed by atoms with Gasteiger partial charge in [-0.1, -0.05) is 29.3 Å². The van der Waals surface area contributed by atoms with E-state index in [4.69, 9.17) is 25.6 Å². The highest BCUT2D eigenvalue weighted by molar-refractivity contribution is 7.94. The number of urea groups is 1. The second kappa shape index (κ2) is 14.2. The third kappa shape index (κ3) is 9.65. The normalized spacial score (nSPS) is 11.4. The maximum atomic E-state index is 12.7. The Hall–Kier alpha value is -3.70. The molecular weight excluding hydrogens is 644 g/mol. The van der Waals surface area contributed by atoms with Gasteiger partial charge in [0.25, 0.3) is 5.91 Å². The highest BCUT2D eigenvalue weighted by Crippen LogP contribution is 2.34. The maximum absolute atomic E-state index is 12.7. The first-order valence-electron chi connectivity index (χ1n) is 12.2. The van der Waals surface area contributed by atoms with Gasteiger partial charge in [-0.05, 0) is 49.7 Å². The molecule has 0 saturated heterocycles. The first kappa shape index (κ1) is 33.8. The fourth-order valence-electron chi connectivity index (χ4n) is 3.64. The summed E-state index contributed by atoms with van der Waals surface area (Å²) >= 11 is 7.01. The first-order chi connectivity index (χ1) is 20.1. The van der Waals surface area contributed by atoms with E-state index in [-0.39, 0.29) is 28.8 Å². The lowest BCUT2D eigenvalue weighted by atomic mass is 10.1. The van der Waals surface area contributed by atoms with E-state index in [0.717, 1.165) is 47.8 Å². The van der Waals surface area contributed by atoms with Crippen LogP contribution in [0.2, 0.25) is 5.02 Å². The maximum Gasteiger partial charge on any atom is 0.337 e. The molecule has 0 atom stereocenters. The quantitative estimate of drug-likeness (QED) is 0.121. The van der Waals surface area contributed by atoms with Crippen LogP contribution in [0.15, 0.2) is 58.3 Å². The van der Waals surface area contributed by atoms with E-state index >= 15 is 0 Å². The zero-order valence-corrected chi connectivity index (χ0v) is 26.8. The van der Waals surface area contributed by atoms with E-state index in [1.54, 1.807) is 6.07 Å². The number of nitrogens with one attached hydrogen (secondary N) is 4. The summed E-state index contributed by atoms with van der Waals surface area (Å²) in [5.74, 6) is -0.0987. The van der Waals surface area contributed by atoms with Crippen molar-refractivity contribution in [2.75, 3.05) is 41.4 Å². The lowest BCUT2D eigenvalue weighted by molar-refractivity contribution is -0.118. The minimum absolute atomic E-state index is 0.125. The molecule has 0 unspecified atom stereocenters. The number of rotatable bonds is 12. The summed E-state index contributed by atoms with van der Waals surface area (Å²) in [4.78, 5) is 29.2. The van der Waals surface area contributed by atoms with Crippen molar-refractivity contribution in [3.05, 3.63) is 64.7 Å². The Bertz CT molecular complexity index is 1750. The van der Waals surface area contributed by atoms with Gasteiger partial charge < -0.3 is 20.3 Å². The Morgan fingerprint density at radius 3 is 2.16 bits per heavy atom. The summed E-state index contributed by atoms with van der Waals surface area (Å²) in [5, 5.41) is 5.30. The highest BCUT2D eigenvalue weighted by Gasteiger charge is 2.25. The van der Waals surface area contributed by atoms with Crippen molar-refractivity contribution in [1.82, 2.24) is 5.43 Å². The smallest absolute Gasteiger partial charge is 0.337 e. The summed E-state index contributed by atoms with van der Waals surface area (Å²) in [5.41, 5.74) is 7.03. The number of anilines is 3. The monoisotopic (exact) mass is 672 g/mol. The molecule has 0 radical (unpaired) electrons. The molecule has 0 aliphatic carbocycles. The lowest BCUT2D eigenvalue weighted by Gasteiger charge is -2.16. The third-order valence-electron chi connectivity index (χ3n) is 5.53. The predicted molar refractivity (Wildman–Crippen MR) is 165 cm³/mol. The minimum atomic E-state index is -4.02. The van der Waals surface area contributed by atoms with Crippen molar-refractivity contribution in [3.8, 4) is 11.5 Å². The molecule has 17 heteroatoms. The molecule has 3 rings (SSSR count). The zero-order chi connectivity index (χ0) is 31.9. The van der Waals surface area contributed by atoms with Gasteiger partial charge >= 0.3 is 6.03 Å². The highest BCUT2D eigenvalue weighted by atomic mass is 35.5. The number of hydrogen-bond acceptors (Lipinski definition) is 11. The number of sulfone groups is 2. The Morgan fingerprint density at radius 1 is 0.860 bits per heavy atom. The van der Waals surface area contributed by atoms with Crippen molar-refractivity contribution >= 4 is 72.3 Å². The van der Waals surface area contributed by atoms with Crippen LogP contribution < -0.4 is 31.1 Å². The van der Waals surface area contributed by atoms with Crippen LogP contribution in [0.1, 0.15) is 11.1 Å². The van der Waals surface area contributed by atoms with Gasteiger partial charge in [0.1, 0.15) is 11.4 Å². The van der Waals surface area contributed by atoms with Gasteiger partial charge in [-0.15, -0.1) is 4.33 Å². The topological polar surface area (TPSA) is 178 Å². The van der Waals surface area contributed by atoms with Crippen LogP contribution in [0.25, 0.3) is 0 Å². The summed E-state index contributed by atoms with van der Waals surface area (Å²) in [6.45, 7) is 3.57. The van der Waals surface area contributed by atoms with E-state index < -0.39 is 41.4 Å². The molecule has 3 aromatic carbocycles. The van der Waals surface area contributed by atoms with Gasteiger partial charge in [0, 0.05) is 42.6 Å². The number of aryl methyl sites for hydroxylation is 2. The van der Waals surface area contributed by atoms with Crippen molar-refractivity contribution in [2.24, 2.45) is 0 Å². The SMILES string of the molecule is CSOOc1cc(S(C)(=O)=O)c(S(C)(=O)=O)cc1NNC(=O)Nc1cc(NC(=O)COc2ccc(C)cc2C)ccc1Cl. The Morgan fingerprint density at radius 2 is 1.53 bits per heavy atom. The average molecular weight is 673 g/mol. The molecule has 0 fully saturated rings. The minimum Gasteiger partial charge on any atom is -0.483 e. The summed E-state index contributed by atoms with van der Waals surface area (Å²) < 4.78 is 59.5. The van der Waals surface area contributed by atoms with Crippen molar-refractivity contribution in [3.63, 3.8) is 0 Å². The Balaban J connectivity index is 1.72. The van der Waals surface area contributed by atoms with Crippen LogP contribution in [0.4, 0.5) is 21.9 Å². The number of carbonyl (C=O) groups excluding carboxylic acids is 2. The molecule has 0 bridgehead atoms. The van der Waals surface area contributed by atoms with Crippen LogP contribution in [0, 0.1) is 13.8 Å². The summed E-state index contributed by atoms with van der Waals surface area (Å²) in [6.07, 6.45) is 3.20. The molecule has 3 aromatic rings. The van der Waals surface area contributed by atoms with Crippen molar-refractivity contribution in [1.29, 1.82) is 0 Å². The number of hydrazine groups is 1. The molecule has 13 nitrogen and oxygen atoms in total.